The van der Waals surface area contributed by atoms with E-state index in [1.165, 1.54) is 0 Å². The molecule has 4 heteroatoms. The zero-order chi connectivity index (χ0) is 11.1. The molecular weight excluding hydrogens is 212 g/mol. The number of nitriles is 1. The van der Waals surface area contributed by atoms with Crippen molar-refractivity contribution in [2.75, 3.05) is 24.6 Å². The lowest BCUT2D eigenvalue weighted by atomic mass is 10.2. The van der Waals surface area contributed by atoms with E-state index in [2.05, 4.69) is 6.07 Å². The van der Waals surface area contributed by atoms with Gasteiger partial charge in [-0.2, -0.15) is 5.26 Å². The van der Waals surface area contributed by atoms with E-state index in [-0.39, 0.29) is 6.61 Å². The molecule has 0 aliphatic rings. The molecule has 0 aliphatic carbocycles. The highest BCUT2D eigenvalue weighted by Crippen LogP contribution is 2.19. The lowest BCUT2D eigenvalue weighted by molar-refractivity contribution is 0.302. The molecule has 1 N–H and O–H groups in total. The normalized spacial score (nSPS) is 9.67. The molecule has 0 aromatic heterocycles. The van der Waals surface area contributed by atoms with Crippen LogP contribution in [0.15, 0.2) is 24.3 Å². The second kappa shape index (κ2) is 6.28. The second-order valence-corrected chi connectivity index (χ2v) is 3.54. The number of rotatable bonds is 5. The molecule has 0 saturated heterocycles. The minimum Gasteiger partial charge on any atom is -0.395 e. The Morgan fingerprint density at radius 3 is 2.80 bits per heavy atom. The summed E-state index contributed by atoms with van der Waals surface area (Å²) in [6.45, 7) is 1.19. The fourth-order valence-corrected chi connectivity index (χ4v) is 1.53. The van der Waals surface area contributed by atoms with E-state index in [4.69, 9.17) is 22.0 Å². The first kappa shape index (κ1) is 11.8. The SMILES string of the molecule is N#CCCN(CCO)c1cccc(Cl)c1. The van der Waals surface area contributed by atoms with Gasteiger partial charge in [0.25, 0.3) is 0 Å². The quantitative estimate of drug-likeness (QED) is 0.833. The minimum absolute atomic E-state index is 0.0674. The van der Waals surface area contributed by atoms with Crippen LogP contribution < -0.4 is 4.90 Å². The van der Waals surface area contributed by atoms with Gasteiger partial charge < -0.3 is 10.0 Å². The van der Waals surface area contributed by atoms with E-state index >= 15 is 0 Å². The molecule has 0 unspecified atom stereocenters. The summed E-state index contributed by atoms with van der Waals surface area (Å²) in [6, 6.07) is 9.48. The van der Waals surface area contributed by atoms with Crippen molar-refractivity contribution < 1.29 is 5.11 Å². The molecule has 80 valence electrons. The number of halogens is 1. The van der Waals surface area contributed by atoms with Crippen molar-refractivity contribution in [3.8, 4) is 6.07 Å². The molecule has 0 spiro atoms. The van der Waals surface area contributed by atoms with Crippen molar-refractivity contribution in [3.63, 3.8) is 0 Å². The highest BCUT2D eigenvalue weighted by atomic mass is 35.5. The Balaban J connectivity index is 2.74. The Morgan fingerprint density at radius 2 is 2.20 bits per heavy atom. The van der Waals surface area contributed by atoms with Gasteiger partial charge in [0, 0.05) is 23.8 Å². The van der Waals surface area contributed by atoms with Crippen LogP contribution in [0.5, 0.6) is 0 Å². The van der Waals surface area contributed by atoms with Crippen molar-refractivity contribution in [1.29, 1.82) is 5.26 Å². The van der Waals surface area contributed by atoms with Crippen molar-refractivity contribution in [1.82, 2.24) is 0 Å². The summed E-state index contributed by atoms with van der Waals surface area (Å²) in [6.07, 6.45) is 0.437. The van der Waals surface area contributed by atoms with Gasteiger partial charge in [0.05, 0.1) is 19.1 Å². The topological polar surface area (TPSA) is 47.3 Å². The number of benzene rings is 1. The number of aliphatic hydroxyl groups is 1. The van der Waals surface area contributed by atoms with Gasteiger partial charge in [0.2, 0.25) is 0 Å². The van der Waals surface area contributed by atoms with Crippen molar-refractivity contribution in [2.24, 2.45) is 0 Å². The average molecular weight is 225 g/mol. The van der Waals surface area contributed by atoms with E-state index in [9.17, 15) is 0 Å². The predicted molar refractivity (Wildman–Crippen MR) is 61.0 cm³/mol. The van der Waals surface area contributed by atoms with Crippen LogP contribution in [0.1, 0.15) is 6.42 Å². The van der Waals surface area contributed by atoms with Gasteiger partial charge in [-0.1, -0.05) is 17.7 Å². The maximum absolute atomic E-state index is 8.91. The van der Waals surface area contributed by atoms with Gasteiger partial charge >= 0.3 is 0 Å². The summed E-state index contributed by atoms with van der Waals surface area (Å²) in [5.41, 5.74) is 0.937. The van der Waals surface area contributed by atoms with Gasteiger partial charge in [-0.3, -0.25) is 0 Å². The Morgan fingerprint density at radius 1 is 1.40 bits per heavy atom. The summed E-state index contributed by atoms with van der Waals surface area (Å²) in [7, 11) is 0. The lowest BCUT2D eigenvalue weighted by Gasteiger charge is -2.22. The molecule has 0 amide bonds. The molecular formula is C11H13ClN2O. The fourth-order valence-electron chi connectivity index (χ4n) is 1.35. The van der Waals surface area contributed by atoms with E-state index in [1.54, 1.807) is 6.07 Å². The first-order valence-electron chi connectivity index (χ1n) is 4.76. The number of anilines is 1. The van der Waals surface area contributed by atoms with Crippen LogP contribution in [0.3, 0.4) is 0 Å². The van der Waals surface area contributed by atoms with Crippen LogP contribution in [0, 0.1) is 11.3 Å². The summed E-state index contributed by atoms with van der Waals surface area (Å²) in [5.74, 6) is 0. The molecule has 0 heterocycles. The summed E-state index contributed by atoms with van der Waals surface area (Å²) in [4.78, 5) is 1.94. The molecule has 3 nitrogen and oxygen atoms in total. The molecule has 1 aromatic carbocycles. The predicted octanol–water partition coefficient (Wildman–Crippen LogP) is 2.05. The summed E-state index contributed by atoms with van der Waals surface area (Å²) < 4.78 is 0. The molecule has 0 atom stereocenters. The Bertz CT molecular complexity index is 349. The molecule has 0 saturated carbocycles. The molecule has 1 rings (SSSR count). The molecule has 1 aromatic rings. The van der Waals surface area contributed by atoms with E-state index < -0.39 is 0 Å². The third-order valence-electron chi connectivity index (χ3n) is 2.04. The molecule has 0 radical (unpaired) electrons. The van der Waals surface area contributed by atoms with E-state index in [0.717, 1.165) is 5.69 Å². The Hall–Kier alpha value is -1.24. The average Bonchev–Trinajstić information content (AvgIpc) is 2.24. The van der Waals surface area contributed by atoms with Gasteiger partial charge in [-0.25, -0.2) is 0 Å². The zero-order valence-electron chi connectivity index (χ0n) is 8.36. The molecule has 0 aliphatic heterocycles. The van der Waals surface area contributed by atoms with Gasteiger partial charge in [-0.15, -0.1) is 0 Å². The Labute approximate surface area is 94.5 Å². The van der Waals surface area contributed by atoms with Crippen LogP contribution in [0.25, 0.3) is 0 Å². The number of nitrogens with zero attached hydrogens (tertiary/aromatic N) is 2. The maximum atomic E-state index is 8.91. The lowest BCUT2D eigenvalue weighted by Crippen LogP contribution is -2.27. The largest absolute Gasteiger partial charge is 0.395 e. The Kier molecular flexibility index (Phi) is 4.96. The standard InChI is InChI=1S/C11H13ClN2O/c12-10-3-1-4-11(9-10)14(7-8-15)6-2-5-13/h1,3-4,9,15H,2,6-8H2. The molecule has 15 heavy (non-hydrogen) atoms. The monoisotopic (exact) mass is 224 g/mol. The first-order valence-corrected chi connectivity index (χ1v) is 5.14. The third kappa shape index (κ3) is 3.78. The number of hydrogen-bond acceptors (Lipinski definition) is 3. The van der Waals surface area contributed by atoms with E-state index in [1.807, 2.05) is 23.1 Å². The molecule has 0 bridgehead atoms. The maximum Gasteiger partial charge on any atom is 0.0640 e. The van der Waals surface area contributed by atoms with Gasteiger partial charge in [-0.05, 0) is 18.2 Å². The van der Waals surface area contributed by atoms with Crippen molar-refractivity contribution >= 4 is 17.3 Å². The van der Waals surface area contributed by atoms with E-state index in [0.29, 0.717) is 24.5 Å². The van der Waals surface area contributed by atoms with Crippen molar-refractivity contribution in [3.05, 3.63) is 29.3 Å². The first-order chi connectivity index (χ1) is 7.27. The zero-order valence-corrected chi connectivity index (χ0v) is 9.11. The van der Waals surface area contributed by atoms with Crippen LogP contribution in [-0.4, -0.2) is 24.8 Å². The van der Waals surface area contributed by atoms with Gasteiger partial charge in [0.15, 0.2) is 0 Å². The van der Waals surface area contributed by atoms with Gasteiger partial charge in [0.1, 0.15) is 0 Å². The van der Waals surface area contributed by atoms with Crippen LogP contribution >= 0.6 is 11.6 Å². The summed E-state index contributed by atoms with van der Waals surface area (Å²) >= 11 is 5.87. The number of aliphatic hydroxyl groups excluding tert-OH is 1. The third-order valence-corrected chi connectivity index (χ3v) is 2.27. The second-order valence-electron chi connectivity index (χ2n) is 3.10. The van der Waals surface area contributed by atoms with Crippen LogP contribution in [0.4, 0.5) is 5.69 Å². The van der Waals surface area contributed by atoms with Crippen LogP contribution in [0.2, 0.25) is 5.02 Å². The number of hydrogen-bond donors (Lipinski definition) is 1. The van der Waals surface area contributed by atoms with Crippen molar-refractivity contribution in [2.45, 2.75) is 6.42 Å². The highest BCUT2D eigenvalue weighted by molar-refractivity contribution is 6.30. The summed E-state index contributed by atoms with van der Waals surface area (Å²) in [5, 5.41) is 18.1. The fraction of sp³-hybridized carbons (Fsp3) is 0.364. The highest BCUT2D eigenvalue weighted by Gasteiger charge is 2.05. The minimum atomic E-state index is 0.0674. The smallest absolute Gasteiger partial charge is 0.0640 e. The van der Waals surface area contributed by atoms with Crippen LogP contribution in [-0.2, 0) is 0 Å². The molecule has 0 fully saturated rings.